The van der Waals surface area contributed by atoms with E-state index in [2.05, 4.69) is 4.98 Å². The molecule has 1 heterocycles. The molecule has 0 unspecified atom stereocenters. The van der Waals surface area contributed by atoms with Crippen molar-refractivity contribution < 1.29 is 9.59 Å². The van der Waals surface area contributed by atoms with Crippen LogP contribution in [0.2, 0.25) is 10.0 Å². The van der Waals surface area contributed by atoms with Gasteiger partial charge in [0.1, 0.15) is 5.69 Å². The second-order valence-corrected chi connectivity index (χ2v) is 5.80. The van der Waals surface area contributed by atoms with Crippen LogP contribution in [-0.4, -0.2) is 35.5 Å². The highest BCUT2D eigenvalue weighted by Gasteiger charge is 2.35. The first-order valence-electron chi connectivity index (χ1n) is 6.18. The number of allylic oxidation sites excluding steroid dienone is 1. The van der Waals surface area contributed by atoms with E-state index in [1.165, 1.54) is 18.5 Å². The third kappa shape index (κ3) is 3.38. The van der Waals surface area contributed by atoms with Crippen LogP contribution < -0.4 is 0 Å². The maximum atomic E-state index is 12.5. The second-order valence-electron chi connectivity index (χ2n) is 4.96. The average Bonchev–Trinajstić information content (AvgIpc) is 3.18. The Bertz CT molecular complexity index is 593. The summed E-state index contributed by atoms with van der Waals surface area (Å²) < 4.78 is 0. The highest BCUT2D eigenvalue weighted by molar-refractivity contribution is 6.38. The van der Waals surface area contributed by atoms with Crippen LogP contribution in [0, 0.1) is 5.92 Å². The van der Waals surface area contributed by atoms with Crippen molar-refractivity contribution in [3.05, 3.63) is 39.8 Å². The molecular formula is C14H14Cl2N2O2. The van der Waals surface area contributed by atoms with Gasteiger partial charge >= 0.3 is 0 Å². The van der Waals surface area contributed by atoms with Gasteiger partial charge in [-0.15, -0.1) is 0 Å². The molecule has 1 fully saturated rings. The Hall–Kier alpha value is -1.39. The van der Waals surface area contributed by atoms with Gasteiger partial charge in [-0.1, -0.05) is 23.2 Å². The van der Waals surface area contributed by atoms with Crippen molar-refractivity contribution in [1.29, 1.82) is 0 Å². The molecule has 106 valence electrons. The molecule has 1 saturated carbocycles. The van der Waals surface area contributed by atoms with Crippen LogP contribution >= 0.6 is 23.2 Å². The maximum absolute atomic E-state index is 12.5. The molecule has 0 saturated heterocycles. The number of carbonyl (C=O) groups excluding carboxylic acids is 2. The van der Waals surface area contributed by atoms with E-state index in [0.717, 1.165) is 12.8 Å². The summed E-state index contributed by atoms with van der Waals surface area (Å²) >= 11 is 11.7. The summed E-state index contributed by atoms with van der Waals surface area (Å²) in [6.07, 6.45) is 4.53. The highest BCUT2D eigenvalue weighted by atomic mass is 35.5. The lowest BCUT2D eigenvalue weighted by atomic mass is 10.0. The number of rotatable bonds is 5. The van der Waals surface area contributed by atoms with Crippen LogP contribution in [0.3, 0.4) is 0 Å². The van der Waals surface area contributed by atoms with Gasteiger partial charge in [0.25, 0.3) is 0 Å². The number of pyridine rings is 1. The second kappa shape index (κ2) is 5.94. The minimum atomic E-state index is -0.461. The van der Waals surface area contributed by atoms with Crippen LogP contribution in [0.5, 0.6) is 0 Å². The van der Waals surface area contributed by atoms with Gasteiger partial charge in [0.2, 0.25) is 5.78 Å². The van der Waals surface area contributed by atoms with Gasteiger partial charge in [-0.3, -0.25) is 9.59 Å². The van der Waals surface area contributed by atoms with Crippen LogP contribution in [-0.2, 0) is 4.79 Å². The Balaban J connectivity index is 2.37. The van der Waals surface area contributed by atoms with E-state index in [1.807, 2.05) is 0 Å². The van der Waals surface area contributed by atoms with Crippen molar-refractivity contribution in [2.45, 2.75) is 12.8 Å². The molecule has 0 spiro atoms. The van der Waals surface area contributed by atoms with Crippen LogP contribution in [0.4, 0.5) is 0 Å². The largest absolute Gasteiger partial charge is 0.383 e. The molecule has 1 aromatic rings. The van der Waals surface area contributed by atoms with Gasteiger partial charge in [0.05, 0.1) is 15.6 Å². The van der Waals surface area contributed by atoms with Gasteiger partial charge in [0, 0.05) is 32.4 Å². The molecule has 0 radical (unpaired) electrons. The minimum absolute atomic E-state index is 0.0452. The van der Waals surface area contributed by atoms with Gasteiger partial charge in [-0.25, -0.2) is 4.98 Å². The number of hydrogen-bond donors (Lipinski definition) is 0. The number of nitrogens with zero attached hydrogens (tertiary/aromatic N) is 2. The van der Waals surface area contributed by atoms with Gasteiger partial charge in [-0.05, 0) is 18.9 Å². The van der Waals surface area contributed by atoms with E-state index in [9.17, 15) is 9.59 Å². The normalized spacial score (nSPS) is 15.1. The topological polar surface area (TPSA) is 50.3 Å². The number of Topliss-reactive ketones (excluding diaryl/α,β-unsaturated/α-hetero) is 2. The highest BCUT2D eigenvalue weighted by Crippen LogP contribution is 2.33. The molecular weight excluding hydrogens is 299 g/mol. The van der Waals surface area contributed by atoms with E-state index in [4.69, 9.17) is 23.2 Å². The monoisotopic (exact) mass is 312 g/mol. The van der Waals surface area contributed by atoms with E-state index in [1.54, 1.807) is 19.0 Å². The number of aromatic nitrogens is 1. The number of halogens is 2. The molecule has 20 heavy (non-hydrogen) atoms. The maximum Gasteiger partial charge on any atom is 0.217 e. The lowest BCUT2D eigenvalue weighted by Crippen LogP contribution is -2.19. The number of carbonyl (C=O) groups is 2. The molecule has 0 aromatic carbocycles. The first-order valence-corrected chi connectivity index (χ1v) is 6.94. The number of ketones is 2. The van der Waals surface area contributed by atoms with E-state index < -0.39 is 5.78 Å². The van der Waals surface area contributed by atoms with Crippen molar-refractivity contribution in [2.24, 2.45) is 5.92 Å². The Morgan fingerprint density at radius 3 is 2.50 bits per heavy atom. The molecule has 0 amide bonds. The van der Waals surface area contributed by atoms with Gasteiger partial charge in [-0.2, -0.15) is 0 Å². The fourth-order valence-electron chi connectivity index (χ4n) is 1.77. The third-order valence-corrected chi connectivity index (χ3v) is 3.36. The first kappa shape index (κ1) is 15.0. The summed E-state index contributed by atoms with van der Waals surface area (Å²) in [7, 11) is 3.51. The predicted octanol–water partition coefficient (Wildman–Crippen LogP) is 3.00. The lowest BCUT2D eigenvalue weighted by molar-refractivity contribution is -0.116. The summed E-state index contributed by atoms with van der Waals surface area (Å²) in [5.41, 5.74) is 0.174. The molecule has 0 bridgehead atoms. The molecule has 1 aromatic heterocycles. The molecule has 1 aliphatic rings. The molecule has 2 rings (SSSR count). The van der Waals surface area contributed by atoms with E-state index in [-0.39, 0.29) is 28.0 Å². The van der Waals surface area contributed by atoms with Crippen molar-refractivity contribution in [3.63, 3.8) is 0 Å². The molecule has 0 N–H and O–H groups in total. The minimum Gasteiger partial charge on any atom is -0.383 e. The summed E-state index contributed by atoms with van der Waals surface area (Å²) in [5.74, 6) is -0.648. The van der Waals surface area contributed by atoms with Crippen molar-refractivity contribution in [3.8, 4) is 0 Å². The number of hydrogen-bond acceptors (Lipinski definition) is 4. The molecule has 0 atom stereocenters. The summed E-state index contributed by atoms with van der Waals surface area (Å²) in [6.45, 7) is 0. The SMILES string of the molecule is CN(C)C=C(C(=O)c1ncc(Cl)cc1Cl)C(=O)C1CC1. The Labute approximate surface area is 127 Å². The van der Waals surface area contributed by atoms with E-state index >= 15 is 0 Å². The lowest BCUT2D eigenvalue weighted by Gasteiger charge is -2.11. The first-order chi connectivity index (χ1) is 9.40. The summed E-state index contributed by atoms with van der Waals surface area (Å²) in [4.78, 5) is 30.3. The van der Waals surface area contributed by atoms with Crippen molar-refractivity contribution in [2.75, 3.05) is 14.1 Å². The van der Waals surface area contributed by atoms with Crippen LogP contribution in [0.1, 0.15) is 23.3 Å². The van der Waals surface area contributed by atoms with Gasteiger partial charge in [0.15, 0.2) is 5.78 Å². The Kier molecular flexibility index (Phi) is 4.45. The fraction of sp³-hybridized carbons (Fsp3) is 0.357. The predicted molar refractivity (Wildman–Crippen MR) is 78.1 cm³/mol. The Morgan fingerprint density at radius 1 is 1.35 bits per heavy atom. The molecule has 6 heteroatoms. The molecule has 4 nitrogen and oxygen atoms in total. The zero-order valence-corrected chi connectivity index (χ0v) is 12.7. The zero-order chi connectivity index (χ0) is 14.9. The Morgan fingerprint density at radius 2 is 2.00 bits per heavy atom. The summed E-state index contributed by atoms with van der Waals surface area (Å²) in [5, 5.41) is 0.494. The van der Waals surface area contributed by atoms with Crippen molar-refractivity contribution in [1.82, 2.24) is 9.88 Å². The smallest absolute Gasteiger partial charge is 0.217 e. The fourth-order valence-corrected chi connectivity index (χ4v) is 2.23. The van der Waals surface area contributed by atoms with Crippen LogP contribution in [0.15, 0.2) is 24.0 Å². The third-order valence-electron chi connectivity index (χ3n) is 2.87. The standard InChI is InChI=1S/C14H14Cl2N2O2/c1-18(2)7-10(13(19)8-3-4-8)14(20)12-11(16)5-9(15)6-17-12/h5-8H,3-4H2,1-2H3. The molecule has 0 aliphatic heterocycles. The molecule has 1 aliphatic carbocycles. The quantitative estimate of drug-likeness (QED) is 0.363. The van der Waals surface area contributed by atoms with Crippen molar-refractivity contribution >= 4 is 34.8 Å². The van der Waals surface area contributed by atoms with Gasteiger partial charge < -0.3 is 4.90 Å². The zero-order valence-electron chi connectivity index (χ0n) is 11.2. The van der Waals surface area contributed by atoms with E-state index in [0.29, 0.717) is 5.02 Å². The summed E-state index contributed by atoms with van der Waals surface area (Å²) in [6, 6.07) is 1.44. The average molecular weight is 313 g/mol. The van der Waals surface area contributed by atoms with Crippen LogP contribution in [0.25, 0.3) is 0 Å².